The Kier molecular flexibility index (Phi) is 36.9. The minimum Gasteiger partial charge on any atom is -0.481 e. The van der Waals surface area contributed by atoms with Crippen molar-refractivity contribution in [2.75, 3.05) is 79.6 Å². The number of likely N-dealkylation sites (tertiary alicyclic amines) is 1. The van der Waals surface area contributed by atoms with E-state index in [0.717, 1.165) is 4.90 Å². The van der Waals surface area contributed by atoms with Crippen LogP contribution in [0.2, 0.25) is 0 Å². The lowest BCUT2D eigenvalue weighted by Crippen LogP contribution is -2.60. The first-order valence-electron chi connectivity index (χ1n) is 36.1. The van der Waals surface area contributed by atoms with E-state index in [4.69, 9.17) is 39.6 Å². The molecule has 0 aromatic heterocycles. The summed E-state index contributed by atoms with van der Waals surface area (Å²) in [6.07, 6.45) is -21.8. The Labute approximate surface area is 622 Å². The third-order valence-electron chi connectivity index (χ3n) is 18.9. The second-order valence-electron chi connectivity index (χ2n) is 27.8. The number of likely N-dealkylation sites (N-methyl/N-ethyl adjacent to an activating group) is 2. The van der Waals surface area contributed by atoms with E-state index < -0.39 is 231 Å². The van der Waals surface area contributed by atoms with E-state index in [1.54, 1.807) is 60.4 Å². The summed E-state index contributed by atoms with van der Waals surface area (Å²) in [5.74, 6) is -12.1. The number of aliphatic carboxylic acids is 2. The average molecular weight is 1530 g/mol. The molecule has 1 aromatic rings. The lowest BCUT2D eigenvalue weighted by atomic mass is 9.89. The first-order valence-corrected chi connectivity index (χ1v) is 35.5. The van der Waals surface area contributed by atoms with E-state index in [1.165, 1.54) is 50.4 Å². The van der Waals surface area contributed by atoms with Gasteiger partial charge < -0.3 is 126 Å². The number of ether oxygens (including phenoxy) is 7. The molecule has 0 radical (unpaired) electrons. The second kappa shape index (κ2) is 44.0. The predicted octanol–water partition coefficient (Wildman–Crippen LogP) is -3.77. The van der Waals surface area contributed by atoms with Crippen molar-refractivity contribution in [1.82, 2.24) is 46.6 Å². The van der Waals surface area contributed by atoms with Crippen LogP contribution in [0.1, 0.15) is 114 Å². The van der Waals surface area contributed by atoms with Crippen LogP contribution in [0.4, 0.5) is 10.5 Å². The number of benzene rings is 1. The standard InChI is InChI=1S/C69H112N10O28/c1-14-36(8)52(42(101-12)28-47(84)79-26-15-16-41(79)59(102-13)37(9)61(93)71-25-27-103-67-58(92)55(89)56(90)60(107-67)66(98)99)77(10)65(97)50(34(4)5)76-64(96)51(35(6)7)78(11)69(100)105-31-38-17-19-39(20-18-38)73-62(94)40(32-104-68-57(91)54(88)53(87)43(30-80)106-68)74-63(95)49(33(2)3)75-45(82)23-24-70-46(83)29-72-44(81)21-22-48(85)86/h17-20,33-37,40-43,49-60,67-68,80,87-92H,14-16,21-32H2,1-13H3,(H,70,83)(H,71,93)(H,72,81)(H,73,94)(H,74,95)(H,75,82)(H,76,96)(H,85,86)(H,98,99)/t36-,37+,40-,41-,42+,43+,49-,50-,51-,52-,53+,54-,55-,56-,57+,58+,59+,60-,67+,68+/m0/s1/i21T/t21?,36-,37+,40-,41-,42+,43+,49-,50-,51-,52-,53+,54-,55-,56-,57+,58+,59+,60-,67+,68+. The zero-order chi connectivity index (χ0) is 81.3. The number of carboxylic acids is 2. The van der Waals surface area contributed by atoms with Crippen LogP contribution in [0.3, 0.4) is 0 Å². The number of rotatable bonds is 42. The van der Waals surface area contributed by atoms with Gasteiger partial charge in [-0.05, 0) is 54.2 Å². The fraction of sp³-hybridized carbons (Fsp3) is 0.739. The zero-order valence-corrected chi connectivity index (χ0v) is 62.7. The quantitative estimate of drug-likeness (QED) is 0.0280. The van der Waals surface area contributed by atoms with E-state index in [-0.39, 0.29) is 56.7 Å². The molecule has 0 aliphatic carbocycles. The summed E-state index contributed by atoms with van der Waals surface area (Å²) in [4.78, 5) is 163. The van der Waals surface area contributed by atoms with Crippen LogP contribution in [-0.2, 0) is 92.5 Å². The molecular formula is C69H112N10O28. The Bertz CT molecular complexity index is 3160. The van der Waals surface area contributed by atoms with Crippen molar-refractivity contribution in [1.29, 1.82) is 0 Å². The molecular weight excluding hydrogens is 1420 g/mol. The number of carbonyl (C=O) groups excluding carboxylic acids is 10. The molecule has 4 rings (SSSR count). The molecule has 3 saturated heterocycles. The molecule has 1 aromatic carbocycles. The number of amides is 10. The molecule has 0 saturated carbocycles. The Morgan fingerprint density at radius 3 is 1.86 bits per heavy atom. The van der Waals surface area contributed by atoms with Gasteiger partial charge in [-0.15, -0.1) is 0 Å². The van der Waals surface area contributed by atoms with Gasteiger partial charge in [-0.1, -0.05) is 80.9 Å². The van der Waals surface area contributed by atoms with Gasteiger partial charge in [0.05, 0.1) is 69.4 Å². The number of carbonyl (C=O) groups is 12. The largest absolute Gasteiger partial charge is 0.481 e. The number of aliphatic hydroxyl groups excluding tert-OH is 7. The van der Waals surface area contributed by atoms with E-state index in [0.29, 0.717) is 31.4 Å². The van der Waals surface area contributed by atoms with Crippen molar-refractivity contribution < 1.29 is 138 Å². The third kappa shape index (κ3) is 26.5. The molecule has 3 heterocycles. The van der Waals surface area contributed by atoms with Gasteiger partial charge in [0.25, 0.3) is 0 Å². The van der Waals surface area contributed by atoms with Gasteiger partial charge in [0.2, 0.25) is 53.2 Å². The molecule has 107 heavy (non-hydrogen) atoms. The van der Waals surface area contributed by atoms with E-state index in [2.05, 4.69) is 37.2 Å². The van der Waals surface area contributed by atoms with E-state index >= 15 is 0 Å². The number of carboxylic acid groups (broad SMARTS) is 2. The molecule has 606 valence electrons. The molecule has 3 aliphatic rings. The lowest BCUT2D eigenvalue weighted by Gasteiger charge is -2.41. The van der Waals surface area contributed by atoms with Gasteiger partial charge >= 0.3 is 18.0 Å². The fourth-order valence-electron chi connectivity index (χ4n) is 12.6. The highest BCUT2D eigenvalue weighted by atomic mass is 16.7. The summed E-state index contributed by atoms with van der Waals surface area (Å²) < 4.78 is 46.8. The molecule has 21 atom stereocenters. The smallest absolute Gasteiger partial charge is 0.410 e. The molecule has 3 fully saturated rings. The van der Waals surface area contributed by atoms with Gasteiger partial charge in [-0.3, -0.25) is 52.8 Å². The number of hydrogen-bond acceptors (Lipinski definition) is 26. The Balaban J connectivity index is 1.41. The van der Waals surface area contributed by atoms with Crippen LogP contribution < -0.4 is 37.2 Å². The summed E-state index contributed by atoms with van der Waals surface area (Å²) in [7, 11) is 5.76. The van der Waals surface area contributed by atoms with Crippen LogP contribution in [0.5, 0.6) is 0 Å². The van der Waals surface area contributed by atoms with Crippen LogP contribution in [0.15, 0.2) is 24.3 Å². The van der Waals surface area contributed by atoms with Crippen molar-refractivity contribution in [2.24, 2.45) is 29.6 Å². The number of nitrogens with zero attached hydrogens (tertiary/aromatic N) is 3. The summed E-state index contributed by atoms with van der Waals surface area (Å²) in [5.41, 5.74) is 0.522. The number of aliphatic hydroxyl groups is 7. The van der Waals surface area contributed by atoms with Gasteiger partial charge in [-0.25, -0.2) is 9.59 Å². The molecule has 16 N–H and O–H groups in total. The van der Waals surface area contributed by atoms with Crippen molar-refractivity contribution in [2.45, 2.75) is 224 Å². The number of methoxy groups -OCH3 is 2. The summed E-state index contributed by atoms with van der Waals surface area (Å²) in [6, 6.07) is -0.798. The summed E-state index contributed by atoms with van der Waals surface area (Å²) in [5, 5.41) is 107. The maximum absolute atomic E-state index is 14.9. The lowest BCUT2D eigenvalue weighted by molar-refractivity contribution is -0.301. The summed E-state index contributed by atoms with van der Waals surface area (Å²) >= 11 is 0. The topological polar surface area (TPSA) is 545 Å². The molecule has 3 aliphatic heterocycles. The minimum atomic E-state index is -1.91. The minimum absolute atomic E-state index is 0.127. The van der Waals surface area contributed by atoms with Gasteiger partial charge in [0, 0.05) is 67.8 Å². The van der Waals surface area contributed by atoms with Crippen LogP contribution in [0, 0.1) is 29.6 Å². The molecule has 38 nitrogen and oxygen atoms in total. The Hall–Kier alpha value is -7.86. The van der Waals surface area contributed by atoms with Crippen molar-refractivity contribution in [3.8, 4) is 0 Å². The Morgan fingerprint density at radius 1 is 0.664 bits per heavy atom. The molecule has 38 heteroatoms. The highest BCUT2D eigenvalue weighted by molar-refractivity contribution is 5.99. The van der Waals surface area contributed by atoms with E-state index in [9.17, 15) is 98.4 Å². The SMILES string of the molecule is [3H]C(CC(=O)O)C(=O)NCC(=O)NCCC(=O)N[C@H](C(=O)N[C@@H](CO[C@@H]1O[C@H](CO)[C@@H](O)[C@H](O)[C@H]1O)C(=O)Nc1ccc(COC(=O)N(C)[C@H](C(=O)N[C@H](C(=O)N(C)[C@@H]([C@@H](C)CC)[C@@H](CC(=O)N2CCC[C@H]2[C@H](OC)[C@@H](C)C(=O)NCCO[C@@H]2O[C@H](C(=O)O)[C@@H](O)[C@H](O)[C@H]2O)OC)C(C)C)C(C)C)cc1)C(C)C. The summed E-state index contributed by atoms with van der Waals surface area (Å²) in [6.45, 7) is 12.5. The predicted molar refractivity (Wildman–Crippen MR) is 374 cm³/mol. The maximum atomic E-state index is 14.9. The highest BCUT2D eigenvalue weighted by Crippen LogP contribution is 2.31. The fourth-order valence-corrected chi connectivity index (χ4v) is 12.6. The van der Waals surface area contributed by atoms with Crippen molar-refractivity contribution >= 4 is 76.9 Å². The first kappa shape index (κ1) is 89.8. The van der Waals surface area contributed by atoms with Gasteiger partial charge in [0.1, 0.15) is 73.5 Å². The monoisotopic (exact) mass is 1530 g/mol. The second-order valence-corrected chi connectivity index (χ2v) is 27.8. The van der Waals surface area contributed by atoms with Gasteiger partial charge in [0.15, 0.2) is 18.7 Å². The molecule has 10 amide bonds. The highest BCUT2D eigenvalue weighted by Gasteiger charge is 2.49. The third-order valence-corrected chi connectivity index (χ3v) is 18.9. The van der Waals surface area contributed by atoms with Gasteiger partial charge in [-0.2, -0.15) is 0 Å². The van der Waals surface area contributed by atoms with Crippen LogP contribution in [0.25, 0.3) is 0 Å². The first-order chi connectivity index (χ1) is 50.8. The normalized spacial score (nSPS) is 24.5. The van der Waals surface area contributed by atoms with Crippen LogP contribution >= 0.6 is 0 Å². The Morgan fingerprint density at radius 2 is 1.29 bits per heavy atom. The average Bonchev–Trinajstić information content (AvgIpc) is 1.53. The maximum Gasteiger partial charge on any atom is 0.410 e. The van der Waals surface area contributed by atoms with E-state index in [1.807, 2.05) is 13.8 Å². The molecule has 0 spiro atoms. The number of hydrogen-bond donors (Lipinski definition) is 16. The van der Waals surface area contributed by atoms with Crippen molar-refractivity contribution in [3.05, 3.63) is 29.8 Å². The number of nitrogens with one attached hydrogen (secondary N) is 7. The number of anilines is 1. The zero-order valence-electron chi connectivity index (χ0n) is 63.7. The van der Waals surface area contributed by atoms with Crippen molar-refractivity contribution in [3.63, 3.8) is 0 Å². The van der Waals surface area contributed by atoms with Crippen LogP contribution in [-0.4, -0.2) is 316 Å². The molecule has 0 bridgehead atoms. The molecule has 1 unspecified atom stereocenters.